The van der Waals surface area contributed by atoms with E-state index in [2.05, 4.69) is 58.1 Å². The van der Waals surface area contributed by atoms with Crippen molar-refractivity contribution >= 4 is 0 Å². The lowest BCUT2D eigenvalue weighted by Gasteiger charge is -2.25. The Morgan fingerprint density at radius 3 is 2.17 bits per heavy atom. The van der Waals surface area contributed by atoms with E-state index in [9.17, 15) is 0 Å². The maximum Gasteiger partial charge on any atom is 0.0345 e. The van der Waals surface area contributed by atoms with Gasteiger partial charge in [0.2, 0.25) is 0 Å². The lowest BCUT2D eigenvalue weighted by Crippen LogP contribution is -2.26. The number of nitrogens with one attached hydrogen (secondary N) is 1. The fourth-order valence-electron chi connectivity index (χ4n) is 2.62. The Morgan fingerprint density at radius 1 is 1.00 bits per heavy atom. The van der Waals surface area contributed by atoms with E-state index in [0.717, 1.165) is 19.4 Å². The average Bonchev–Trinajstić information content (AvgIpc) is 2.43. The lowest BCUT2D eigenvalue weighted by molar-refractivity contribution is 0.383. The van der Waals surface area contributed by atoms with Crippen molar-refractivity contribution in [2.45, 2.75) is 59.9 Å². The smallest absolute Gasteiger partial charge is 0.0345 e. The number of aryl methyl sites for hydroxylation is 2. The molecule has 0 saturated carbocycles. The van der Waals surface area contributed by atoms with Gasteiger partial charge in [0.05, 0.1) is 0 Å². The largest absolute Gasteiger partial charge is 0.310 e. The molecule has 0 bridgehead atoms. The number of rotatable bonds is 7. The Labute approximate surface area is 113 Å². The molecule has 0 amide bonds. The van der Waals surface area contributed by atoms with E-state index < -0.39 is 0 Å². The summed E-state index contributed by atoms with van der Waals surface area (Å²) in [6, 6.07) is 7.55. The zero-order valence-corrected chi connectivity index (χ0v) is 12.7. The van der Waals surface area contributed by atoms with Crippen molar-refractivity contribution in [1.29, 1.82) is 0 Å². The molecule has 2 atom stereocenters. The van der Waals surface area contributed by atoms with E-state index in [1.807, 2.05) is 0 Å². The minimum Gasteiger partial charge on any atom is -0.310 e. The molecule has 2 unspecified atom stereocenters. The van der Waals surface area contributed by atoms with E-state index in [1.54, 1.807) is 0 Å². The van der Waals surface area contributed by atoms with Crippen molar-refractivity contribution in [2.75, 3.05) is 6.54 Å². The molecule has 0 aromatic heterocycles. The fourth-order valence-corrected chi connectivity index (χ4v) is 2.62. The standard InChI is InChI=1S/C17H29N/c1-6-13(5)17(18-9-4)16-11-10-14(7-2)15(8-3)12-16/h10-13,17-18H,6-9H2,1-5H3. The van der Waals surface area contributed by atoms with Crippen LogP contribution in [0.4, 0.5) is 0 Å². The molecule has 1 nitrogen and oxygen atoms in total. The average molecular weight is 247 g/mol. The summed E-state index contributed by atoms with van der Waals surface area (Å²) in [5, 5.41) is 3.64. The van der Waals surface area contributed by atoms with Gasteiger partial charge in [-0.2, -0.15) is 0 Å². The van der Waals surface area contributed by atoms with Crippen LogP contribution in [0.15, 0.2) is 18.2 Å². The van der Waals surface area contributed by atoms with Gasteiger partial charge >= 0.3 is 0 Å². The lowest BCUT2D eigenvalue weighted by atomic mass is 9.89. The number of hydrogen-bond donors (Lipinski definition) is 1. The molecule has 0 aliphatic rings. The predicted molar refractivity (Wildman–Crippen MR) is 81.1 cm³/mol. The highest BCUT2D eigenvalue weighted by atomic mass is 14.9. The quantitative estimate of drug-likeness (QED) is 0.747. The molecule has 1 N–H and O–H groups in total. The van der Waals surface area contributed by atoms with Gasteiger partial charge in [0, 0.05) is 6.04 Å². The molecule has 0 aliphatic heterocycles. The molecule has 0 aliphatic carbocycles. The summed E-state index contributed by atoms with van der Waals surface area (Å²) >= 11 is 0. The van der Waals surface area contributed by atoms with Gasteiger partial charge < -0.3 is 5.32 Å². The maximum absolute atomic E-state index is 3.64. The van der Waals surface area contributed by atoms with E-state index in [1.165, 1.54) is 23.1 Å². The SMILES string of the molecule is CCNC(c1ccc(CC)c(CC)c1)C(C)CC. The highest BCUT2D eigenvalue weighted by molar-refractivity contribution is 5.34. The second-order valence-electron chi connectivity index (χ2n) is 5.16. The van der Waals surface area contributed by atoms with Gasteiger partial charge in [0.1, 0.15) is 0 Å². The van der Waals surface area contributed by atoms with Gasteiger partial charge in [-0.15, -0.1) is 0 Å². The Morgan fingerprint density at radius 2 is 1.67 bits per heavy atom. The van der Waals surface area contributed by atoms with Crippen LogP contribution < -0.4 is 5.32 Å². The topological polar surface area (TPSA) is 12.0 Å². The summed E-state index contributed by atoms with van der Waals surface area (Å²) in [6.45, 7) is 12.3. The molecule has 1 heteroatoms. The van der Waals surface area contributed by atoms with Crippen LogP contribution in [0.3, 0.4) is 0 Å². The van der Waals surface area contributed by atoms with Crippen molar-refractivity contribution in [1.82, 2.24) is 5.32 Å². The fraction of sp³-hybridized carbons (Fsp3) is 0.647. The van der Waals surface area contributed by atoms with Crippen molar-refractivity contribution in [3.8, 4) is 0 Å². The summed E-state index contributed by atoms with van der Waals surface area (Å²) in [4.78, 5) is 0. The molecule has 0 fully saturated rings. The monoisotopic (exact) mass is 247 g/mol. The third-order valence-electron chi connectivity index (χ3n) is 3.99. The molecule has 1 rings (SSSR count). The van der Waals surface area contributed by atoms with Crippen LogP contribution in [0.1, 0.15) is 63.8 Å². The molecule has 0 radical (unpaired) electrons. The van der Waals surface area contributed by atoms with Crippen molar-refractivity contribution in [3.05, 3.63) is 34.9 Å². The molecular weight excluding hydrogens is 218 g/mol. The molecule has 0 saturated heterocycles. The Bertz CT molecular complexity index is 357. The summed E-state index contributed by atoms with van der Waals surface area (Å²) in [7, 11) is 0. The zero-order valence-electron chi connectivity index (χ0n) is 12.7. The number of benzene rings is 1. The first-order valence-corrected chi connectivity index (χ1v) is 7.52. The van der Waals surface area contributed by atoms with Gasteiger partial charge in [0.25, 0.3) is 0 Å². The summed E-state index contributed by atoms with van der Waals surface area (Å²) < 4.78 is 0. The van der Waals surface area contributed by atoms with Gasteiger partial charge in [-0.25, -0.2) is 0 Å². The summed E-state index contributed by atoms with van der Waals surface area (Å²) in [5.74, 6) is 0.683. The molecular formula is C17H29N. The molecule has 0 spiro atoms. The number of hydrogen-bond acceptors (Lipinski definition) is 1. The first-order valence-electron chi connectivity index (χ1n) is 7.52. The first-order chi connectivity index (χ1) is 8.67. The molecule has 1 aromatic rings. The third kappa shape index (κ3) is 3.58. The highest BCUT2D eigenvalue weighted by Crippen LogP contribution is 2.26. The Hall–Kier alpha value is -0.820. The van der Waals surface area contributed by atoms with Crippen molar-refractivity contribution in [2.24, 2.45) is 5.92 Å². The van der Waals surface area contributed by atoms with Crippen LogP contribution in [0.25, 0.3) is 0 Å². The van der Waals surface area contributed by atoms with Crippen LogP contribution in [0, 0.1) is 5.92 Å². The first kappa shape index (κ1) is 15.2. The van der Waals surface area contributed by atoms with Gasteiger partial charge in [-0.1, -0.05) is 59.2 Å². The van der Waals surface area contributed by atoms with E-state index in [0.29, 0.717) is 12.0 Å². The van der Waals surface area contributed by atoms with Gasteiger partial charge in [-0.05, 0) is 42.0 Å². The van der Waals surface area contributed by atoms with Crippen LogP contribution in [-0.4, -0.2) is 6.54 Å². The van der Waals surface area contributed by atoms with Crippen LogP contribution in [0.5, 0.6) is 0 Å². The van der Waals surface area contributed by atoms with Gasteiger partial charge in [-0.3, -0.25) is 0 Å². The second-order valence-corrected chi connectivity index (χ2v) is 5.16. The third-order valence-corrected chi connectivity index (χ3v) is 3.99. The summed E-state index contributed by atoms with van der Waals surface area (Å²) in [6.07, 6.45) is 3.49. The molecule has 18 heavy (non-hydrogen) atoms. The highest BCUT2D eigenvalue weighted by Gasteiger charge is 2.17. The van der Waals surface area contributed by atoms with Crippen molar-refractivity contribution in [3.63, 3.8) is 0 Å². The van der Waals surface area contributed by atoms with E-state index in [4.69, 9.17) is 0 Å². The van der Waals surface area contributed by atoms with Crippen LogP contribution >= 0.6 is 0 Å². The van der Waals surface area contributed by atoms with E-state index >= 15 is 0 Å². The Balaban J connectivity index is 3.04. The van der Waals surface area contributed by atoms with Crippen LogP contribution in [0.2, 0.25) is 0 Å². The minimum atomic E-state index is 0.496. The van der Waals surface area contributed by atoms with Gasteiger partial charge in [0.15, 0.2) is 0 Å². The normalized spacial score (nSPS) is 14.5. The zero-order chi connectivity index (χ0) is 13.5. The predicted octanol–water partition coefficient (Wildman–Crippen LogP) is 4.51. The molecule has 102 valence electrons. The van der Waals surface area contributed by atoms with E-state index in [-0.39, 0.29) is 0 Å². The second kappa shape index (κ2) is 7.58. The summed E-state index contributed by atoms with van der Waals surface area (Å²) in [5.41, 5.74) is 4.47. The molecule has 0 heterocycles. The van der Waals surface area contributed by atoms with Crippen molar-refractivity contribution < 1.29 is 0 Å². The Kier molecular flexibility index (Phi) is 6.42. The maximum atomic E-state index is 3.64. The molecule has 1 aromatic carbocycles. The minimum absolute atomic E-state index is 0.496. The van der Waals surface area contributed by atoms with Crippen LogP contribution in [-0.2, 0) is 12.8 Å².